The monoisotopic (exact) mass is 563 g/mol. The molecule has 0 radical (unpaired) electrons. The van der Waals surface area contributed by atoms with Gasteiger partial charge in [0.2, 0.25) is 0 Å². The van der Waals surface area contributed by atoms with Crippen molar-refractivity contribution in [2.75, 3.05) is 13.2 Å². The van der Waals surface area contributed by atoms with Crippen LogP contribution in [0.2, 0.25) is 0 Å². The van der Waals surface area contributed by atoms with Crippen LogP contribution < -0.4 is 0 Å². The van der Waals surface area contributed by atoms with Crippen LogP contribution in [0.3, 0.4) is 0 Å². The Balaban J connectivity index is 1.24. The number of benzene rings is 2. The average Bonchev–Trinajstić information content (AvgIpc) is 3.49. The summed E-state index contributed by atoms with van der Waals surface area (Å²) in [5, 5.41) is 0. The zero-order valence-corrected chi connectivity index (χ0v) is 25.0. The Hall–Kier alpha value is -2.67. The number of unbranched alkanes of at least 4 members (excludes halogenated alkanes) is 4. The largest absolute Gasteiger partial charge is 0.445 e. The molecule has 0 N–H and O–H groups in total. The van der Waals surface area contributed by atoms with Gasteiger partial charge in [-0.05, 0) is 63.0 Å². The average molecular weight is 564 g/mol. The van der Waals surface area contributed by atoms with E-state index in [0.29, 0.717) is 6.61 Å². The van der Waals surface area contributed by atoms with E-state index in [4.69, 9.17) is 18.9 Å². The van der Waals surface area contributed by atoms with E-state index in [1.165, 1.54) is 19.3 Å². The summed E-state index contributed by atoms with van der Waals surface area (Å²) in [6.45, 7) is 6.51. The van der Waals surface area contributed by atoms with Crippen LogP contribution >= 0.6 is 0 Å². The number of rotatable bonds is 15. The highest BCUT2D eigenvalue weighted by Gasteiger charge is 2.38. The Bertz CT molecular complexity index is 1040. The zero-order chi connectivity index (χ0) is 28.8. The molecule has 41 heavy (non-hydrogen) atoms. The summed E-state index contributed by atoms with van der Waals surface area (Å²) in [4.78, 5) is 15.3. The van der Waals surface area contributed by atoms with Crippen LogP contribution in [0.25, 0.3) is 0 Å². The summed E-state index contributed by atoms with van der Waals surface area (Å²) in [6.07, 6.45) is 14.6. The van der Waals surface area contributed by atoms with E-state index in [1.54, 1.807) is 0 Å². The third-order valence-electron chi connectivity index (χ3n) is 8.48. The molecule has 6 nitrogen and oxygen atoms in total. The van der Waals surface area contributed by atoms with Crippen molar-refractivity contribution >= 4 is 6.09 Å². The molecule has 2 aromatic rings. The van der Waals surface area contributed by atoms with Gasteiger partial charge in [0.1, 0.15) is 6.61 Å². The van der Waals surface area contributed by atoms with Crippen LogP contribution in [0.5, 0.6) is 0 Å². The molecule has 1 amide bonds. The molecule has 2 aromatic carbocycles. The van der Waals surface area contributed by atoms with Gasteiger partial charge < -0.3 is 18.9 Å². The molecule has 2 heterocycles. The SMILES string of the molecule is CCC1(CCCCCC/C=C\C[C@@H]2CC[C@H](OCc3ccccc3)[C@H](C)N2C(=O)OCc2ccccc2)OCCO1. The van der Waals surface area contributed by atoms with E-state index in [2.05, 4.69) is 38.1 Å². The molecular formula is C35H49NO5. The van der Waals surface area contributed by atoms with Crippen molar-refractivity contribution in [1.82, 2.24) is 4.90 Å². The fourth-order valence-electron chi connectivity index (χ4n) is 5.99. The summed E-state index contributed by atoms with van der Waals surface area (Å²) in [7, 11) is 0. The van der Waals surface area contributed by atoms with Gasteiger partial charge in [0.05, 0.1) is 32.0 Å². The van der Waals surface area contributed by atoms with Gasteiger partial charge >= 0.3 is 6.09 Å². The van der Waals surface area contributed by atoms with Crippen LogP contribution in [0.1, 0.15) is 89.2 Å². The highest BCUT2D eigenvalue weighted by molar-refractivity contribution is 5.69. The molecule has 3 atom stereocenters. The smallest absolute Gasteiger partial charge is 0.410 e. The summed E-state index contributed by atoms with van der Waals surface area (Å²) in [5.41, 5.74) is 2.14. The molecule has 0 aliphatic carbocycles. The predicted molar refractivity (Wildman–Crippen MR) is 162 cm³/mol. The Kier molecular flexibility index (Phi) is 12.7. The van der Waals surface area contributed by atoms with E-state index in [-0.39, 0.29) is 36.7 Å². The molecule has 2 fully saturated rings. The maximum absolute atomic E-state index is 13.4. The first-order chi connectivity index (χ1) is 20.1. The number of hydrogen-bond donors (Lipinski definition) is 0. The standard InChI is InChI=1S/C35H49NO5/c1-3-35(40-25-26-41-35)24-16-8-6-4-5-7-15-21-32-22-23-33(38-27-30-17-11-9-12-18-30)29(2)36(32)34(37)39-28-31-19-13-10-14-20-31/h7,9-15,17-20,29,32-33H,3-6,8,16,21-28H2,1-2H3/b15-7-/t29-,32+,33-/m0/s1. The van der Waals surface area contributed by atoms with Crippen molar-refractivity contribution in [2.24, 2.45) is 0 Å². The lowest BCUT2D eigenvalue weighted by Crippen LogP contribution is -2.55. The number of piperidine rings is 1. The second-order valence-corrected chi connectivity index (χ2v) is 11.4. The van der Waals surface area contributed by atoms with Gasteiger partial charge in [-0.25, -0.2) is 4.79 Å². The third-order valence-corrected chi connectivity index (χ3v) is 8.48. The van der Waals surface area contributed by atoms with E-state index in [1.807, 2.05) is 53.4 Å². The lowest BCUT2D eigenvalue weighted by atomic mass is 9.92. The summed E-state index contributed by atoms with van der Waals surface area (Å²) < 4.78 is 23.8. The minimum atomic E-state index is -0.323. The highest BCUT2D eigenvalue weighted by atomic mass is 16.7. The number of nitrogens with zero attached hydrogens (tertiary/aromatic N) is 1. The molecule has 2 aliphatic rings. The summed E-state index contributed by atoms with van der Waals surface area (Å²) >= 11 is 0. The van der Waals surface area contributed by atoms with Crippen LogP contribution in [-0.2, 0) is 32.2 Å². The van der Waals surface area contributed by atoms with Gasteiger partial charge in [0.25, 0.3) is 0 Å². The molecule has 224 valence electrons. The van der Waals surface area contributed by atoms with Crippen molar-refractivity contribution in [3.8, 4) is 0 Å². The molecule has 6 heteroatoms. The molecule has 4 rings (SSSR count). The van der Waals surface area contributed by atoms with Gasteiger partial charge in [-0.2, -0.15) is 0 Å². The van der Waals surface area contributed by atoms with E-state index >= 15 is 0 Å². The fraction of sp³-hybridized carbons (Fsp3) is 0.571. The molecule has 2 aliphatic heterocycles. The normalized spacial score (nSPS) is 22.3. The Morgan fingerprint density at radius 1 is 0.902 bits per heavy atom. The molecule has 2 saturated heterocycles. The van der Waals surface area contributed by atoms with Crippen LogP contribution in [-0.4, -0.2) is 48.2 Å². The lowest BCUT2D eigenvalue weighted by Gasteiger charge is -2.43. The van der Waals surface area contributed by atoms with Crippen molar-refractivity contribution in [3.63, 3.8) is 0 Å². The zero-order valence-electron chi connectivity index (χ0n) is 25.0. The molecular weight excluding hydrogens is 514 g/mol. The summed E-state index contributed by atoms with van der Waals surface area (Å²) in [5.74, 6) is -0.323. The first-order valence-electron chi connectivity index (χ1n) is 15.7. The van der Waals surface area contributed by atoms with Gasteiger partial charge in [0.15, 0.2) is 5.79 Å². The Morgan fingerprint density at radius 2 is 1.56 bits per heavy atom. The molecule has 0 saturated carbocycles. The minimum absolute atomic E-state index is 0.0217. The van der Waals surface area contributed by atoms with Crippen molar-refractivity contribution in [3.05, 3.63) is 83.9 Å². The van der Waals surface area contributed by atoms with E-state index in [9.17, 15) is 4.79 Å². The first-order valence-corrected chi connectivity index (χ1v) is 15.7. The van der Waals surface area contributed by atoms with Crippen LogP contribution in [0.4, 0.5) is 4.79 Å². The minimum Gasteiger partial charge on any atom is -0.445 e. The molecule has 0 aromatic heterocycles. The number of likely N-dealkylation sites (tertiary alicyclic amines) is 1. The molecule has 0 unspecified atom stereocenters. The number of hydrogen-bond acceptors (Lipinski definition) is 5. The number of carbonyl (C=O) groups excluding carboxylic acids is 1. The van der Waals surface area contributed by atoms with E-state index in [0.717, 1.165) is 69.3 Å². The molecule has 0 bridgehead atoms. The van der Waals surface area contributed by atoms with Crippen molar-refractivity contribution in [2.45, 2.75) is 115 Å². The third kappa shape index (κ3) is 9.69. The van der Waals surface area contributed by atoms with Crippen molar-refractivity contribution in [1.29, 1.82) is 0 Å². The molecule has 0 spiro atoms. The lowest BCUT2D eigenvalue weighted by molar-refractivity contribution is -0.164. The van der Waals surface area contributed by atoms with Gasteiger partial charge in [-0.15, -0.1) is 0 Å². The maximum Gasteiger partial charge on any atom is 0.410 e. The van der Waals surface area contributed by atoms with Gasteiger partial charge in [-0.3, -0.25) is 4.90 Å². The van der Waals surface area contributed by atoms with Gasteiger partial charge in [-0.1, -0.05) is 92.6 Å². The maximum atomic E-state index is 13.4. The van der Waals surface area contributed by atoms with Crippen LogP contribution in [0, 0.1) is 0 Å². The predicted octanol–water partition coefficient (Wildman–Crippen LogP) is 8.20. The van der Waals surface area contributed by atoms with Crippen molar-refractivity contribution < 1.29 is 23.7 Å². The summed E-state index contributed by atoms with van der Waals surface area (Å²) in [6, 6.07) is 20.1. The number of ether oxygens (including phenoxy) is 4. The second-order valence-electron chi connectivity index (χ2n) is 11.4. The first kappa shape index (κ1) is 31.3. The van der Waals surface area contributed by atoms with Crippen LogP contribution in [0.15, 0.2) is 72.8 Å². The topological polar surface area (TPSA) is 57.2 Å². The quantitative estimate of drug-likeness (QED) is 0.161. The van der Waals surface area contributed by atoms with E-state index < -0.39 is 0 Å². The number of allylic oxidation sites excluding steroid dienone is 1. The Morgan fingerprint density at radius 3 is 2.24 bits per heavy atom. The highest BCUT2D eigenvalue weighted by Crippen LogP contribution is 2.30. The van der Waals surface area contributed by atoms with Gasteiger partial charge in [0, 0.05) is 12.5 Å². The Labute approximate surface area is 247 Å². The number of amides is 1. The second kappa shape index (κ2) is 16.7. The fourth-order valence-corrected chi connectivity index (χ4v) is 5.99. The number of carbonyl (C=O) groups is 1.